The molecule has 0 spiro atoms. The van der Waals surface area contributed by atoms with Crippen LogP contribution in [0.25, 0.3) is 0 Å². The molecular formula is C18H21N3O6S. The van der Waals surface area contributed by atoms with Crippen molar-refractivity contribution in [2.45, 2.75) is 18.6 Å². The number of carbonyl (C=O) groups excluding carboxylic acids is 2. The van der Waals surface area contributed by atoms with Crippen molar-refractivity contribution in [2.24, 2.45) is 0 Å². The van der Waals surface area contributed by atoms with Gasteiger partial charge in [0, 0.05) is 18.7 Å². The average Bonchev–Trinajstić information content (AvgIpc) is 3.24. The smallest absolute Gasteiger partial charge is 0.287 e. The van der Waals surface area contributed by atoms with Crippen molar-refractivity contribution in [3.8, 4) is 0 Å². The number of nitro benzene ring substituents is 1. The minimum absolute atomic E-state index is 0.0854. The third-order valence-electron chi connectivity index (χ3n) is 3.94. The minimum atomic E-state index is -1.04. The summed E-state index contributed by atoms with van der Waals surface area (Å²) < 4.78 is 5.03. The zero-order chi connectivity index (χ0) is 20.5. The van der Waals surface area contributed by atoms with Gasteiger partial charge in [0.25, 0.3) is 11.6 Å². The summed E-state index contributed by atoms with van der Waals surface area (Å²) in [7, 11) is 0. The Hall–Kier alpha value is -2.85. The van der Waals surface area contributed by atoms with Gasteiger partial charge in [-0.05, 0) is 48.3 Å². The summed E-state index contributed by atoms with van der Waals surface area (Å²) in [5.41, 5.74) is 0.351. The third kappa shape index (κ3) is 6.10. The van der Waals surface area contributed by atoms with Crippen molar-refractivity contribution in [1.82, 2.24) is 10.6 Å². The van der Waals surface area contributed by atoms with Crippen LogP contribution in [-0.4, -0.2) is 46.4 Å². The Morgan fingerprint density at radius 1 is 1.29 bits per heavy atom. The van der Waals surface area contributed by atoms with Gasteiger partial charge in [-0.2, -0.15) is 11.8 Å². The molecule has 0 saturated heterocycles. The van der Waals surface area contributed by atoms with Crippen LogP contribution in [0, 0.1) is 10.1 Å². The quantitative estimate of drug-likeness (QED) is 0.404. The first-order valence-corrected chi connectivity index (χ1v) is 9.85. The van der Waals surface area contributed by atoms with Crippen LogP contribution >= 0.6 is 11.8 Å². The molecule has 2 unspecified atom stereocenters. The molecule has 150 valence electrons. The maximum absolute atomic E-state index is 12.5. The first-order valence-electron chi connectivity index (χ1n) is 8.45. The van der Waals surface area contributed by atoms with Crippen molar-refractivity contribution >= 4 is 29.3 Å². The molecule has 0 aliphatic rings. The van der Waals surface area contributed by atoms with E-state index >= 15 is 0 Å². The molecule has 0 fully saturated rings. The third-order valence-corrected chi connectivity index (χ3v) is 4.58. The van der Waals surface area contributed by atoms with Crippen LogP contribution in [0.4, 0.5) is 5.69 Å². The van der Waals surface area contributed by atoms with Crippen molar-refractivity contribution in [3.05, 3.63) is 64.1 Å². The molecule has 1 aromatic carbocycles. The first-order chi connectivity index (χ1) is 13.4. The second-order valence-corrected chi connectivity index (χ2v) is 6.88. The summed E-state index contributed by atoms with van der Waals surface area (Å²) in [6.07, 6.45) is 2.63. The van der Waals surface area contributed by atoms with Crippen LogP contribution in [-0.2, 0) is 4.79 Å². The largest absolute Gasteiger partial charge is 0.459 e. The lowest BCUT2D eigenvalue weighted by Gasteiger charge is -2.19. The zero-order valence-electron chi connectivity index (χ0n) is 15.2. The highest BCUT2D eigenvalue weighted by atomic mass is 32.2. The van der Waals surface area contributed by atoms with Crippen LogP contribution < -0.4 is 10.6 Å². The standard InChI is InChI=1S/C18H21N3O6S/c1-28-10-8-14(20-18(24)16-3-2-9-27-16)17(23)19-11-15(22)12-4-6-13(7-5-12)21(25)26/h2-7,9,14-15,22H,8,10-11H2,1H3,(H,19,23)(H,20,24). The fraction of sp³-hybridized carbons (Fsp3) is 0.333. The number of nitrogens with one attached hydrogen (secondary N) is 2. The maximum Gasteiger partial charge on any atom is 0.287 e. The summed E-state index contributed by atoms with van der Waals surface area (Å²) in [5.74, 6) is -0.175. The van der Waals surface area contributed by atoms with E-state index in [2.05, 4.69) is 10.6 Å². The number of furan rings is 1. The fourth-order valence-corrected chi connectivity index (χ4v) is 2.87. The number of hydrogen-bond acceptors (Lipinski definition) is 7. The summed E-state index contributed by atoms with van der Waals surface area (Å²) in [5, 5.41) is 26.1. The van der Waals surface area contributed by atoms with E-state index in [1.54, 1.807) is 6.07 Å². The molecule has 3 N–H and O–H groups in total. The lowest BCUT2D eigenvalue weighted by atomic mass is 10.1. The van der Waals surface area contributed by atoms with Gasteiger partial charge in [-0.1, -0.05) is 0 Å². The van der Waals surface area contributed by atoms with Gasteiger partial charge in [0.15, 0.2) is 5.76 Å². The Kier molecular flexibility index (Phi) is 8.02. The zero-order valence-corrected chi connectivity index (χ0v) is 16.0. The highest BCUT2D eigenvalue weighted by Gasteiger charge is 2.23. The van der Waals surface area contributed by atoms with Crippen LogP contribution in [0.3, 0.4) is 0 Å². The number of non-ortho nitro benzene ring substituents is 1. The number of rotatable bonds is 10. The Labute approximate surface area is 165 Å². The van der Waals surface area contributed by atoms with Gasteiger partial charge < -0.3 is 20.2 Å². The first kappa shape index (κ1) is 21.5. The van der Waals surface area contributed by atoms with Crippen molar-refractivity contribution in [3.63, 3.8) is 0 Å². The summed E-state index contributed by atoms with van der Waals surface area (Å²) in [6, 6.07) is 7.71. The maximum atomic E-state index is 12.5. The second kappa shape index (κ2) is 10.5. The number of thioether (sulfide) groups is 1. The lowest BCUT2D eigenvalue weighted by molar-refractivity contribution is -0.384. The van der Waals surface area contributed by atoms with Crippen LogP contribution in [0.5, 0.6) is 0 Å². The van der Waals surface area contributed by atoms with Gasteiger partial charge in [0.1, 0.15) is 6.04 Å². The van der Waals surface area contributed by atoms with E-state index in [-0.39, 0.29) is 18.0 Å². The van der Waals surface area contributed by atoms with E-state index in [9.17, 15) is 24.8 Å². The van der Waals surface area contributed by atoms with Gasteiger partial charge in [-0.3, -0.25) is 19.7 Å². The number of nitrogens with zero attached hydrogens (tertiary/aromatic N) is 1. The van der Waals surface area contributed by atoms with E-state index < -0.39 is 28.9 Å². The molecule has 10 heteroatoms. The van der Waals surface area contributed by atoms with E-state index in [0.717, 1.165) is 0 Å². The Bertz CT molecular complexity index is 794. The van der Waals surface area contributed by atoms with E-state index in [0.29, 0.717) is 17.7 Å². The topological polar surface area (TPSA) is 135 Å². The summed E-state index contributed by atoms with van der Waals surface area (Å²) in [6.45, 7) is -0.0942. The SMILES string of the molecule is CSCCC(NC(=O)c1ccco1)C(=O)NCC(O)c1ccc([N+](=O)[O-])cc1. The molecule has 0 radical (unpaired) electrons. The molecule has 28 heavy (non-hydrogen) atoms. The molecule has 0 aliphatic heterocycles. The van der Waals surface area contributed by atoms with Gasteiger partial charge in [0.2, 0.25) is 5.91 Å². The van der Waals surface area contributed by atoms with Crippen molar-refractivity contribution in [1.29, 1.82) is 0 Å². The highest BCUT2D eigenvalue weighted by molar-refractivity contribution is 7.98. The molecule has 9 nitrogen and oxygen atoms in total. The van der Waals surface area contributed by atoms with Crippen LogP contribution in [0.1, 0.15) is 28.6 Å². The van der Waals surface area contributed by atoms with Crippen molar-refractivity contribution in [2.75, 3.05) is 18.6 Å². The normalized spacial score (nSPS) is 12.8. The molecule has 2 aromatic rings. The van der Waals surface area contributed by atoms with E-state index in [4.69, 9.17) is 4.42 Å². The summed E-state index contributed by atoms with van der Waals surface area (Å²) >= 11 is 1.54. The number of carbonyl (C=O) groups is 2. The fourth-order valence-electron chi connectivity index (χ4n) is 2.40. The molecular weight excluding hydrogens is 386 g/mol. The predicted molar refractivity (Wildman–Crippen MR) is 104 cm³/mol. The summed E-state index contributed by atoms with van der Waals surface area (Å²) in [4.78, 5) is 34.7. The number of benzene rings is 1. The molecule has 1 aromatic heterocycles. The van der Waals surface area contributed by atoms with Crippen LogP contribution in [0.15, 0.2) is 47.1 Å². The van der Waals surface area contributed by atoms with E-state index in [1.165, 1.54) is 48.4 Å². The molecule has 0 saturated carbocycles. The van der Waals surface area contributed by atoms with Gasteiger partial charge in [0.05, 0.1) is 17.3 Å². The lowest BCUT2D eigenvalue weighted by Crippen LogP contribution is -2.47. The Morgan fingerprint density at radius 2 is 2.00 bits per heavy atom. The van der Waals surface area contributed by atoms with E-state index in [1.807, 2.05) is 6.26 Å². The molecule has 0 aliphatic carbocycles. The Balaban J connectivity index is 1.94. The number of nitro groups is 1. The predicted octanol–water partition coefficient (Wildman–Crippen LogP) is 1.89. The second-order valence-electron chi connectivity index (χ2n) is 5.89. The molecule has 1 heterocycles. The number of aliphatic hydroxyl groups excluding tert-OH is 1. The average molecular weight is 407 g/mol. The van der Waals surface area contributed by atoms with Gasteiger partial charge in [-0.15, -0.1) is 0 Å². The number of aliphatic hydroxyl groups is 1. The minimum Gasteiger partial charge on any atom is -0.459 e. The highest BCUT2D eigenvalue weighted by Crippen LogP contribution is 2.17. The van der Waals surface area contributed by atoms with Crippen molar-refractivity contribution < 1.29 is 24.0 Å². The molecule has 0 bridgehead atoms. The number of hydrogen-bond donors (Lipinski definition) is 3. The Morgan fingerprint density at radius 3 is 2.57 bits per heavy atom. The van der Waals surface area contributed by atoms with Gasteiger partial charge >= 0.3 is 0 Å². The molecule has 2 rings (SSSR count). The molecule has 2 amide bonds. The van der Waals surface area contributed by atoms with Crippen LogP contribution in [0.2, 0.25) is 0 Å². The van der Waals surface area contributed by atoms with Gasteiger partial charge in [-0.25, -0.2) is 0 Å². The molecule has 2 atom stereocenters. The number of amides is 2. The monoisotopic (exact) mass is 407 g/mol.